The van der Waals surface area contributed by atoms with E-state index in [1.165, 1.54) is 13.0 Å². The van der Waals surface area contributed by atoms with Gasteiger partial charge in [-0.2, -0.15) is 13.2 Å². The molecule has 1 amide bonds. The van der Waals surface area contributed by atoms with Crippen LogP contribution in [0.15, 0.2) is 48.5 Å². The van der Waals surface area contributed by atoms with Crippen LogP contribution in [-0.4, -0.2) is 26.6 Å². The number of rotatable bonds is 7. The summed E-state index contributed by atoms with van der Waals surface area (Å²) in [6, 6.07) is 9.86. The fraction of sp³-hybridized carbons (Fsp3) is 0.381. The van der Waals surface area contributed by atoms with Crippen LogP contribution in [0.3, 0.4) is 0 Å². The lowest BCUT2D eigenvalue weighted by atomic mass is 10.0. The Kier molecular flexibility index (Phi) is 7.18. The molecule has 5 nitrogen and oxygen atoms in total. The molecule has 2 aromatic rings. The standard InChI is InChI=1S/C21H25F3N2O3S/c1-5-16-9-11-17(12-10-16)14(2)25-20(27)15(3)26(30(4,28)29)19-8-6-7-18(13-19)21(22,23)24/h6-15H,5H2,1-4H3,(H,25,27). The van der Waals surface area contributed by atoms with Crippen molar-refractivity contribution in [3.8, 4) is 0 Å². The number of carbonyl (C=O) groups is 1. The van der Waals surface area contributed by atoms with Crippen molar-refractivity contribution in [2.75, 3.05) is 10.6 Å². The summed E-state index contributed by atoms with van der Waals surface area (Å²) in [5, 5.41) is 2.73. The maximum atomic E-state index is 13.1. The minimum Gasteiger partial charge on any atom is -0.348 e. The van der Waals surface area contributed by atoms with E-state index < -0.39 is 39.8 Å². The molecule has 164 valence electrons. The van der Waals surface area contributed by atoms with Crippen molar-refractivity contribution in [2.24, 2.45) is 0 Å². The highest BCUT2D eigenvalue weighted by Gasteiger charge is 2.34. The second-order valence-corrected chi connectivity index (χ2v) is 8.97. The first kappa shape index (κ1) is 23.7. The molecule has 0 aliphatic rings. The van der Waals surface area contributed by atoms with Gasteiger partial charge in [-0.3, -0.25) is 9.10 Å². The molecule has 0 heterocycles. The number of hydrogen-bond donors (Lipinski definition) is 1. The zero-order valence-corrected chi connectivity index (χ0v) is 18.0. The van der Waals surface area contributed by atoms with Crippen molar-refractivity contribution in [2.45, 2.75) is 45.5 Å². The number of alkyl halides is 3. The second kappa shape index (κ2) is 9.07. The van der Waals surface area contributed by atoms with E-state index in [9.17, 15) is 26.4 Å². The highest BCUT2D eigenvalue weighted by atomic mass is 32.2. The van der Waals surface area contributed by atoms with E-state index in [1.54, 1.807) is 6.92 Å². The van der Waals surface area contributed by atoms with Crippen molar-refractivity contribution >= 4 is 21.6 Å². The number of amides is 1. The Labute approximate surface area is 175 Å². The zero-order chi connectivity index (χ0) is 22.7. The largest absolute Gasteiger partial charge is 0.416 e. The van der Waals surface area contributed by atoms with Gasteiger partial charge in [-0.1, -0.05) is 37.3 Å². The number of benzene rings is 2. The van der Waals surface area contributed by atoms with E-state index in [0.717, 1.165) is 42.0 Å². The topological polar surface area (TPSA) is 66.5 Å². The first-order valence-electron chi connectivity index (χ1n) is 9.40. The molecule has 0 aromatic heterocycles. The van der Waals surface area contributed by atoms with Crippen LogP contribution >= 0.6 is 0 Å². The fourth-order valence-electron chi connectivity index (χ4n) is 3.09. The molecule has 0 fully saturated rings. The van der Waals surface area contributed by atoms with Crippen LogP contribution in [0.4, 0.5) is 18.9 Å². The number of aryl methyl sites for hydroxylation is 1. The van der Waals surface area contributed by atoms with Crippen molar-refractivity contribution < 1.29 is 26.4 Å². The Morgan fingerprint density at radius 2 is 1.70 bits per heavy atom. The van der Waals surface area contributed by atoms with Gasteiger partial charge in [0.15, 0.2) is 0 Å². The number of anilines is 1. The van der Waals surface area contributed by atoms with Gasteiger partial charge in [0.25, 0.3) is 0 Å². The molecule has 2 aromatic carbocycles. The Balaban J connectivity index is 2.28. The molecule has 0 spiro atoms. The van der Waals surface area contributed by atoms with Crippen LogP contribution in [-0.2, 0) is 27.4 Å². The average Bonchev–Trinajstić information content (AvgIpc) is 2.66. The summed E-state index contributed by atoms with van der Waals surface area (Å²) in [6.45, 7) is 5.11. The molecule has 30 heavy (non-hydrogen) atoms. The SMILES string of the molecule is CCc1ccc(C(C)NC(=O)C(C)N(c2cccc(C(F)(F)F)c2)S(C)(=O)=O)cc1. The summed E-state index contributed by atoms with van der Waals surface area (Å²) in [6.07, 6.45) is -2.91. The number of nitrogens with zero attached hydrogens (tertiary/aromatic N) is 1. The lowest BCUT2D eigenvalue weighted by molar-refractivity contribution is -0.137. The van der Waals surface area contributed by atoms with Gasteiger partial charge in [0.05, 0.1) is 23.5 Å². The fourth-order valence-corrected chi connectivity index (χ4v) is 4.25. The van der Waals surface area contributed by atoms with Crippen LogP contribution in [0.25, 0.3) is 0 Å². The molecule has 0 saturated heterocycles. The van der Waals surface area contributed by atoms with E-state index in [4.69, 9.17) is 0 Å². The highest BCUT2D eigenvalue weighted by molar-refractivity contribution is 7.92. The number of sulfonamides is 1. The van der Waals surface area contributed by atoms with E-state index in [-0.39, 0.29) is 5.69 Å². The van der Waals surface area contributed by atoms with Gasteiger partial charge in [-0.05, 0) is 49.6 Å². The van der Waals surface area contributed by atoms with E-state index >= 15 is 0 Å². The maximum absolute atomic E-state index is 13.1. The van der Waals surface area contributed by atoms with E-state index in [1.807, 2.05) is 31.2 Å². The van der Waals surface area contributed by atoms with Crippen molar-refractivity contribution in [1.29, 1.82) is 0 Å². The second-order valence-electron chi connectivity index (χ2n) is 7.11. The van der Waals surface area contributed by atoms with Crippen LogP contribution in [0.5, 0.6) is 0 Å². The predicted molar refractivity (Wildman–Crippen MR) is 111 cm³/mol. The van der Waals surface area contributed by atoms with Crippen LogP contribution in [0.2, 0.25) is 0 Å². The van der Waals surface area contributed by atoms with Gasteiger partial charge in [-0.25, -0.2) is 8.42 Å². The van der Waals surface area contributed by atoms with Gasteiger partial charge in [0, 0.05) is 0 Å². The summed E-state index contributed by atoms with van der Waals surface area (Å²) in [7, 11) is -4.03. The minimum atomic E-state index is -4.64. The van der Waals surface area contributed by atoms with Crippen LogP contribution in [0.1, 0.15) is 43.5 Å². The van der Waals surface area contributed by atoms with Gasteiger partial charge >= 0.3 is 6.18 Å². The maximum Gasteiger partial charge on any atom is 0.416 e. The Bertz CT molecular complexity index is 989. The molecular formula is C21H25F3N2O3S. The Morgan fingerprint density at radius 3 is 2.20 bits per heavy atom. The number of halogens is 3. The monoisotopic (exact) mass is 442 g/mol. The third kappa shape index (κ3) is 5.75. The van der Waals surface area contributed by atoms with E-state index in [2.05, 4.69) is 5.32 Å². The Hall–Kier alpha value is -2.55. The van der Waals surface area contributed by atoms with Gasteiger partial charge in [0.1, 0.15) is 6.04 Å². The molecule has 0 aliphatic carbocycles. The van der Waals surface area contributed by atoms with Crippen molar-refractivity contribution in [3.63, 3.8) is 0 Å². The first-order chi connectivity index (χ1) is 13.8. The molecule has 0 aliphatic heterocycles. The summed E-state index contributed by atoms with van der Waals surface area (Å²) < 4.78 is 64.5. The summed E-state index contributed by atoms with van der Waals surface area (Å²) in [4.78, 5) is 12.8. The molecule has 1 N–H and O–H groups in total. The molecule has 2 rings (SSSR count). The summed E-state index contributed by atoms with van der Waals surface area (Å²) >= 11 is 0. The Morgan fingerprint density at radius 1 is 1.10 bits per heavy atom. The quantitative estimate of drug-likeness (QED) is 0.695. The molecule has 0 bridgehead atoms. The van der Waals surface area contributed by atoms with Crippen LogP contribution in [0, 0.1) is 0 Å². The minimum absolute atomic E-state index is 0.227. The zero-order valence-electron chi connectivity index (χ0n) is 17.2. The molecule has 9 heteroatoms. The molecule has 2 atom stereocenters. The molecule has 0 saturated carbocycles. The van der Waals surface area contributed by atoms with Crippen molar-refractivity contribution in [3.05, 3.63) is 65.2 Å². The summed E-state index contributed by atoms with van der Waals surface area (Å²) in [5.41, 5.74) is 0.747. The van der Waals surface area contributed by atoms with Gasteiger partial charge in [0.2, 0.25) is 15.9 Å². The first-order valence-corrected chi connectivity index (χ1v) is 11.2. The number of hydrogen-bond acceptors (Lipinski definition) is 3. The third-order valence-electron chi connectivity index (χ3n) is 4.76. The normalized spacial score (nSPS) is 14.1. The number of nitrogens with one attached hydrogen (secondary N) is 1. The lowest BCUT2D eigenvalue weighted by Crippen LogP contribution is -2.48. The van der Waals surface area contributed by atoms with E-state index in [0.29, 0.717) is 4.31 Å². The van der Waals surface area contributed by atoms with Crippen molar-refractivity contribution in [1.82, 2.24) is 5.32 Å². The van der Waals surface area contributed by atoms with Gasteiger partial charge in [-0.15, -0.1) is 0 Å². The lowest BCUT2D eigenvalue weighted by Gasteiger charge is -2.29. The van der Waals surface area contributed by atoms with Gasteiger partial charge < -0.3 is 5.32 Å². The molecular weight excluding hydrogens is 417 g/mol. The highest BCUT2D eigenvalue weighted by Crippen LogP contribution is 2.33. The molecule has 0 radical (unpaired) electrons. The molecule has 2 unspecified atom stereocenters. The number of carbonyl (C=O) groups excluding carboxylic acids is 1. The van der Waals surface area contributed by atoms with Crippen LogP contribution < -0.4 is 9.62 Å². The smallest absolute Gasteiger partial charge is 0.348 e. The third-order valence-corrected chi connectivity index (χ3v) is 6.00. The average molecular weight is 443 g/mol. The predicted octanol–water partition coefficient (Wildman–Crippen LogP) is 4.30. The summed E-state index contributed by atoms with van der Waals surface area (Å²) in [5.74, 6) is -0.620.